The van der Waals surface area contributed by atoms with Crippen molar-refractivity contribution in [2.24, 2.45) is 0 Å². The van der Waals surface area contributed by atoms with Gasteiger partial charge in [0.1, 0.15) is 11.6 Å². The highest BCUT2D eigenvalue weighted by Gasteiger charge is 2.38. The van der Waals surface area contributed by atoms with Crippen LogP contribution in [-0.2, 0) is 4.79 Å². The van der Waals surface area contributed by atoms with E-state index in [-0.39, 0.29) is 0 Å². The van der Waals surface area contributed by atoms with Crippen LogP contribution in [0.5, 0.6) is 0 Å². The van der Waals surface area contributed by atoms with Crippen LogP contribution in [0.2, 0.25) is 0 Å². The second-order valence-corrected chi connectivity index (χ2v) is 5.08. The van der Waals surface area contributed by atoms with Crippen molar-refractivity contribution >= 4 is 11.7 Å². The quantitative estimate of drug-likeness (QED) is 0.817. The van der Waals surface area contributed by atoms with Crippen molar-refractivity contribution in [3.63, 3.8) is 0 Å². The van der Waals surface area contributed by atoms with Crippen LogP contribution in [0.4, 0.5) is 5.69 Å². The molecule has 1 saturated carbocycles. The molecule has 0 amide bonds. The first-order chi connectivity index (χ1) is 9.18. The Kier molecular flexibility index (Phi) is 4.06. The van der Waals surface area contributed by atoms with Crippen molar-refractivity contribution in [2.45, 2.75) is 44.1 Å². The third-order valence-corrected chi connectivity index (χ3v) is 3.79. The molecule has 0 aromatic heterocycles. The Balaban J connectivity index is 2.30. The molecule has 0 heterocycles. The molecule has 0 bridgehead atoms. The molecule has 2 rings (SSSR count). The molecule has 0 saturated heterocycles. The highest BCUT2D eigenvalue weighted by molar-refractivity contribution is 5.83. The maximum absolute atomic E-state index is 11.7. The van der Waals surface area contributed by atoms with Gasteiger partial charge in [0, 0.05) is 0 Å². The summed E-state index contributed by atoms with van der Waals surface area (Å²) in [7, 11) is 0. The molecule has 4 heteroatoms. The first-order valence-electron chi connectivity index (χ1n) is 6.69. The SMILES string of the molecule is N#Cc1ccccc1NC1(C(=O)O)CCCCCC1. The van der Waals surface area contributed by atoms with E-state index in [0.717, 1.165) is 25.7 Å². The molecule has 0 aliphatic heterocycles. The third-order valence-electron chi connectivity index (χ3n) is 3.79. The van der Waals surface area contributed by atoms with Gasteiger partial charge in [-0.1, -0.05) is 37.8 Å². The molecule has 19 heavy (non-hydrogen) atoms. The molecule has 0 atom stereocenters. The van der Waals surface area contributed by atoms with Crippen LogP contribution < -0.4 is 5.32 Å². The Morgan fingerprint density at radius 3 is 2.42 bits per heavy atom. The van der Waals surface area contributed by atoms with E-state index in [1.54, 1.807) is 18.2 Å². The molecule has 1 aliphatic carbocycles. The van der Waals surface area contributed by atoms with Gasteiger partial charge in [-0.2, -0.15) is 5.26 Å². The number of nitrogens with one attached hydrogen (secondary N) is 1. The van der Waals surface area contributed by atoms with Gasteiger partial charge in [-0.3, -0.25) is 0 Å². The van der Waals surface area contributed by atoms with Gasteiger partial charge in [-0.25, -0.2) is 4.79 Å². The molecule has 0 radical (unpaired) electrons. The number of benzene rings is 1. The maximum atomic E-state index is 11.7. The average molecular weight is 258 g/mol. The molecule has 1 aromatic carbocycles. The van der Waals surface area contributed by atoms with Crippen LogP contribution in [-0.4, -0.2) is 16.6 Å². The molecule has 100 valence electrons. The van der Waals surface area contributed by atoms with Crippen molar-refractivity contribution in [1.82, 2.24) is 0 Å². The molecular formula is C15H18N2O2. The van der Waals surface area contributed by atoms with Crippen molar-refractivity contribution in [3.05, 3.63) is 29.8 Å². The highest BCUT2D eigenvalue weighted by Crippen LogP contribution is 2.32. The van der Waals surface area contributed by atoms with Gasteiger partial charge in [0.25, 0.3) is 0 Å². The Labute approximate surface area is 113 Å². The summed E-state index contributed by atoms with van der Waals surface area (Å²) in [6, 6.07) is 9.17. The Hall–Kier alpha value is -2.02. The molecule has 1 aromatic rings. The maximum Gasteiger partial charge on any atom is 0.329 e. The number of nitriles is 1. The summed E-state index contributed by atoms with van der Waals surface area (Å²) in [5.74, 6) is -0.817. The largest absolute Gasteiger partial charge is 0.480 e. The number of anilines is 1. The van der Waals surface area contributed by atoms with Crippen molar-refractivity contribution < 1.29 is 9.90 Å². The van der Waals surface area contributed by atoms with Gasteiger partial charge in [0.05, 0.1) is 11.3 Å². The lowest BCUT2D eigenvalue weighted by molar-refractivity contribution is -0.142. The summed E-state index contributed by atoms with van der Waals surface area (Å²) in [5.41, 5.74) is 0.186. The first-order valence-corrected chi connectivity index (χ1v) is 6.69. The predicted octanol–water partition coefficient (Wildman–Crippen LogP) is 3.15. The fourth-order valence-electron chi connectivity index (χ4n) is 2.67. The summed E-state index contributed by atoms with van der Waals surface area (Å²) in [4.78, 5) is 11.7. The highest BCUT2D eigenvalue weighted by atomic mass is 16.4. The summed E-state index contributed by atoms with van der Waals surface area (Å²) >= 11 is 0. The standard InChI is InChI=1S/C15H18N2O2/c16-11-12-7-3-4-8-13(12)17-15(14(18)19)9-5-1-2-6-10-15/h3-4,7-8,17H,1-2,5-6,9-10H2,(H,18,19). The average Bonchev–Trinajstić information content (AvgIpc) is 2.66. The van der Waals surface area contributed by atoms with E-state index in [1.807, 2.05) is 6.07 Å². The van der Waals surface area contributed by atoms with E-state index in [4.69, 9.17) is 5.26 Å². The molecule has 2 N–H and O–H groups in total. The minimum atomic E-state index is -0.927. The number of rotatable bonds is 3. The van der Waals surface area contributed by atoms with Crippen LogP contribution in [0.15, 0.2) is 24.3 Å². The fourth-order valence-corrected chi connectivity index (χ4v) is 2.67. The zero-order valence-electron chi connectivity index (χ0n) is 10.9. The number of hydrogen-bond acceptors (Lipinski definition) is 3. The van der Waals surface area contributed by atoms with Gasteiger partial charge in [-0.15, -0.1) is 0 Å². The van der Waals surface area contributed by atoms with Crippen molar-refractivity contribution in [3.8, 4) is 6.07 Å². The lowest BCUT2D eigenvalue weighted by Gasteiger charge is -2.30. The number of carboxylic acids is 1. The number of carboxylic acid groups (broad SMARTS) is 1. The zero-order valence-corrected chi connectivity index (χ0v) is 10.9. The molecular weight excluding hydrogens is 240 g/mol. The lowest BCUT2D eigenvalue weighted by Crippen LogP contribution is -2.46. The smallest absolute Gasteiger partial charge is 0.329 e. The first kappa shape index (κ1) is 13.4. The molecule has 4 nitrogen and oxygen atoms in total. The minimum absolute atomic E-state index is 0.493. The van der Waals surface area contributed by atoms with Gasteiger partial charge in [-0.05, 0) is 25.0 Å². The van der Waals surface area contributed by atoms with Crippen molar-refractivity contribution in [2.75, 3.05) is 5.32 Å². The van der Waals surface area contributed by atoms with Gasteiger partial charge < -0.3 is 10.4 Å². The lowest BCUT2D eigenvalue weighted by atomic mass is 9.89. The zero-order chi connectivity index (χ0) is 13.7. The normalized spacial score (nSPS) is 18.1. The van der Waals surface area contributed by atoms with Crippen molar-refractivity contribution in [1.29, 1.82) is 5.26 Å². The van der Waals surface area contributed by atoms with E-state index in [2.05, 4.69) is 11.4 Å². The second kappa shape index (κ2) is 5.75. The summed E-state index contributed by atoms with van der Waals surface area (Å²) in [5, 5.41) is 21.8. The third kappa shape index (κ3) is 2.87. The monoisotopic (exact) mass is 258 g/mol. The van der Waals surface area contributed by atoms with E-state index in [0.29, 0.717) is 24.1 Å². The van der Waals surface area contributed by atoms with Gasteiger partial charge >= 0.3 is 5.97 Å². The Morgan fingerprint density at radius 2 is 1.84 bits per heavy atom. The Bertz CT molecular complexity index is 497. The topological polar surface area (TPSA) is 73.1 Å². The summed E-state index contributed by atoms with van der Waals surface area (Å²) in [6.07, 6.45) is 5.21. The molecule has 0 spiro atoms. The number of carbonyl (C=O) groups is 1. The van der Waals surface area contributed by atoms with E-state index >= 15 is 0 Å². The Morgan fingerprint density at radius 1 is 1.21 bits per heavy atom. The van der Waals surface area contributed by atoms with Crippen LogP contribution in [0.25, 0.3) is 0 Å². The second-order valence-electron chi connectivity index (χ2n) is 5.08. The van der Waals surface area contributed by atoms with E-state index in [9.17, 15) is 9.90 Å². The number of nitrogens with zero attached hydrogens (tertiary/aromatic N) is 1. The van der Waals surface area contributed by atoms with E-state index < -0.39 is 11.5 Å². The van der Waals surface area contributed by atoms with Gasteiger partial charge in [0.2, 0.25) is 0 Å². The minimum Gasteiger partial charge on any atom is -0.480 e. The van der Waals surface area contributed by atoms with Crippen LogP contribution in [0.1, 0.15) is 44.1 Å². The fraction of sp³-hybridized carbons (Fsp3) is 0.467. The molecule has 1 aliphatic rings. The summed E-state index contributed by atoms with van der Waals surface area (Å²) in [6.45, 7) is 0. The summed E-state index contributed by atoms with van der Waals surface area (Å²) < 4.78 is 0. The van der Waals surface area contributed by atoms with E-state index in [1.165, 1.54) is 0 Å². The van der Waals surface area contributed by atoms with Gasteiger partial charge in [0.15, 0.2) is 0 Å². The molecule has 1 fully saturated rings. The molecule has 0 unspecified atom stereocenters. The predicted molar refractivity (Wildman–Crippen MR) is 72.8 cm³/mol. The van der Waals surface area contributed by atoms with Crippen LogP contribution >= 0.6 is 0 Å². The number of para-hydroxylation sites is 1. The van der Waals surface area contributed by atoms with Crippen LogP contribution in [0, 0.1) is 11.3 Å². The van der Waals surface area contributed by atoms with Crippen LogP contribution in [0.3, 0.4) is 0 Å². The number of aliphatic carboxylic acids is 1. The number of hydrogen-bond donors (Lipinski definition) is 2.